The fourth-order valence-corrected chi connectivity index (χ4v) is 3.44. The molecule has 0 aliphatic carbocycles. The van der Waals surface area contributed by atoms with E-state index in [1.54, 1.807) is 0 Å². The molecule has 1 heterocycles. The van der Waals surface area contributed by atoms with Crippen molar-refractivity contribution in [2.24, 2.45) is 0 Å². The summed E-state index contributed by atoms with van der Waals surface area (Å²) in [6.45, 7) is 0. The second-order valence-corrected chi connectivity index (χ2v) is 5.30. The van der Waals surface area contributed by atoms with Crippen LogP contribution in [0.3, 0.4) is 0 Å². The van der Waals surface area contributed by atoms with Gasteiger partial charge in [-0.25, -0.2) is 0 Å². The molecule has 65 valence electrons. The van der Waals surface area contributed by atoms with Crippen LogP contribution in [-0.4, -0.2) is 64.9 Å². The summed E-state index contributed by atoms with van der Waals surface area (Å²) in [6, 6.07) is 9.59. The van der Waals surface area contributed by atoms with E-state index in [2.05, 4.69) is 13.5 Å². The van der Waals surface area contributed by atoms with Crippen LogP contribution in [0.1, 0.15) is 0 Å². The van der Waals surface area contributed by atoms with E-state index in [1.807, 2.05) is 30.3 Å². The van der Waals surface area contributed by atoms with E-state index in [0.29, 0.717) is 0 Å². The van der Waals surface area contributed by atoms with Gasteiger partial charge in [-0.15, -0.1) is 0 Å². The molecular weight excluding hydrogens is 262 g/mol. The summed E-state index contributed by atoms with van der Waals surface area (Å²) >= 11 is 0. The summed E-state index contributed by atoms with van der Waals surface area (Å²) in [5, 5.41) is 0. The SMILES string of the molecule is [K].c1ccc(O[p+]2npnpn2)cc1. The van der Waals surface area contributed by atoms with Crippen molar-refractivity contribution in [2.75, 3.05) is 0 Å². The molecule has 0 unspecified atom stereocenters. The smallest absolute Gasteiger partial charge is 0.358 e. The fraction of sp³-hybridized carbons (Fsp3) is 0. The maximum absolute atomic E-state index is 5.51. The molecule has 0 spiro atoms. The van der Waals surface area contributed by atoms with E-state index in [1.165, 1.54) is 0 Å². The van der Waals surface area contributed by atoms with Crippen molar-refractivity contribution in [3.05, 3.63) is 30.3 Å². The van der Waals surface area contributed by atoms with Gasteiger partial charge in [0.1, 0.15) is 0 Å². The Labute approximate surface area is 129 Å². The Hall–Kier alpha value is 0.956. The van der Waals surface area contributed by atoms with Crippen LogP contribution in [0, 0.1) is 0 Å². The average molecular weight is 267 g/mol. The molecule has 1 radical (unpaired) electrons. The zero-order chi connectivity index (χ0) is 8.93. The first kappa shape index (κ1) is 13.0. The zero-order valence-corrected chi connectivity index (χ0v) is 13.3. The third-order valence-corrected chi connectivity index (χ3v) is 4.12. The number of nitrogens with zero attached hydrogens (tertiary/aromatic N) is 3. The average Bonchev–Trinajstić information content (AvgIpc) is 2.21. The molecule has 14 heavy (non-hydrogen) atoms. The number of para-hydroxylation sites is 1. The van der Waals surface area contributed by atoms with Crippen molar-refractivity contribution < 1.29 is 4.52 Å². The Morgan fingerprint density at radius 1 is 1.07 bits per heavy atom. The number of aromatic nitrogens is 3. The molecule has 1 aromatic heterocycles. The van der Waals surface area contributed by atoms with Gasteiger partial charge in [-0.05, 0) is 16.6 Å². The van der Waals surface area contributed by atoms with Gasteiger partial charge in [-0.3, -0.25) is 0 Å². The van der Waals surface area contributed by atoms with Gasteiger partial charge in [-0.1, -0.05) is 18.2 Å². The third-order valence-electron chi connectivity index (χ3n) is 1.24. The van der Waals surface area contributed by atoms with Crippen molar-refractivity contribution in [3.8, 4) is 5.75 Å². The standard InChI is InChI=1S/C6H5N3OP3.K/c1-2-4-6(5-3-1)10-13-8-11-7-12-9-13;/h1-5H;/q+1;. The van der Waals surface area contributed by atoms with Crippen LogP contribution in [0.5, 0.6) is 5.75 Å². The normalized spacial score (nSPS) is 11.3. The molecule has 2 rings (SSSR count). The predicted molar refractivity (Wildman–Crippen MR) is 60.2 cm³/mol. The van der Waals surface area contributed by atoms with Gasteiger partial charge in [0.2, 0.25) is 0 Å². The maximum Gasteiger partial charge on any atom is 0.414 e. The molecule has 0 N–H and O–H groups in total. The molecule has 8 heteroatoms. The summed E-state index contributed by atoms with van der Waals surface area (Å²) in [6.07, 6.45) is 0. The maximum atomic E-state index is 5.51. The first-order valence-electron chi connectivity index (χ1n) is 3.50. The van der Waals surface area contributed by atoms with Gasteiger partial charge in [0.25, 0.3) is 0 Å². The Morgan fingerprint density at radius 3 is 2.36 bits per heavy atom. The number of hydrogen-bond acceptors (Lipinski definition) is 4. The summed E-state index contributed by atoms with van der Waals surface area (Å²) in [4.78, 5) is 0. The van der Waals surface area contributed by atoms with Gasteiger partial charge in [0, 0.05) is 60.4 Å². The van der Waals surface area contributed by atoms with Crippen molar-refractivity contribution >= 4 is 76.5 Å². The minimum absolute atomic E-state index is 0. The Balaban J connectivity index is 0.000000980. The fourth-order valence-electron chi connectivity index (χ4n) is 0.752. The van der Waals surface area contributed by atoms with Gasteiger partial charge < -0.3 is 4.52 Å². The molecular formula is C6H5KN3OP3+. The summed E-state index contributed by atoms with van der Waals surface area (Å²) in [5.41, 5.74) is 0. The molecule has 0 aliphatic heterocycles. The van der Waals surface area contributed by atoms with E-state index in [0.717, 1.165) is 22.8 Å². The van der Waals surface area contributed by atoms with Crippen LogP contribution in [0.25, 0.3) is 0 Å². The monoisotopic (exact) mass is 267 g/mol. The van der Waals surface area contributed by atoms with Crippen molar-refractivity contribution in [2.45, 2.75) is 0 Å². The first-order valence-corrected chi connectivity index (χ1v) is 6.26. The second kappa shape index (κ2) is 7.27. The van der Waals surface area contributed by atoms with Gasteiger partial charge >= 0.3 is 25.1 Å². The molecule has 0 aliphatic rings. The topological polar surface area (TPSA) is 47.9 Å². The van der Waals surface area contributed by atoms with Crippen LogP contribution < -0.4 is 4.52 Å². The van der Waals surface area contributed by atoms with Crippen molar-refractivity contribution in [1.29, 1.82) is 0 Å². The molecule has 0 atom stereocenters. The predicted octanol–water partition coefficient (Wildman–Crippen LogP) is 2.76. The quantitative estimate of drug-likeness (QED) is 0.785. The summed E-state index contributed by atoms with van der Waals surface area (Å²) in [5.74, 6) is 0.813. The van der Waals surface area contributed by atoms with E-state index >= 15 is 0 Å². The van der Waals surface area contributed by atoms with Crippen LogP contribution in [-0.2, 0) is 0 Å². The number of benzene rings is 1. The molecule has 0 fully saturated rings. The number of hydrogen-bond donors (Lipinski definition) is 0. The first-order chi connectivity index (χ1) is 6.45. The van der Waals surface area contributed by atoms with Crippen LogP contribution in [0.15, 0.2) is 30.3 Å². The molecule has 4 nitrogen and oxygen atoms in total. The Morgan fingerprint density at radius 2 is 1.71 bits per heavy atom. The molecule has 0 saturated heterocycles. The van der Waals surface area contributed by atoms with Crippen LogP contribution >= 0.6 is 25.1 Å². The van der Waals surface area contributed by atoms with E-state index in [-0.39, 0.29) is 51.4 Å². The number of rotatable bonds is 2. The molecule has 0 bridgehead atoms. The minimum Gasteiger partial charge on any atom is -0.358 e. The zero-order valence-electron chi connectivity index (χ0n) is 7.48. The van der Waals surface area contributed by atoms with E-state index in [4.69, 9.17) is 4.52 Å². The molecule has 0 saturated carbocycles. The van der Waals surface area contributed by atoms with Crippen LogP contribution in [0.4, 0.5) is 0 Å². The van der Waals surface area contributed by atoms with Gasteiger partial charge in [0.15, 0.2) is 5.75 Å². The summed E-state index contributed by atoms with van der Waals surface area (Å²) < 4.78 is 17.6. The Kier molecular flexibility index (Phi) is 6.76. The second-order valence-electron chi connectivity index (χ2n) is 2.10. The van der Waals surface area contributed by atoms with Gasteiger partial charge in [-0.2, -0.15) is 0 Å². The molecule has 0 amide bonds. The third kappa shape index (κ3) is 4.22. The van der Waals surface area contributed by atoms with Crippen LogP contribution in [0.2, 0.25) is 0 Å². The van der Waals surface area contributed by atoms with Crippen molar-refractivity contribution in [3.63, 3.8) is 0 Å². The molecule has 2 aromatic rings. The van der Waals surface area contributed by atoms with Gasteiger partial charge in [0.05, 0.1) is 0 Å². The molecule has 1 aromatic carbocycles. The van der Waals surface area contributed by atoms with Crippen molar-refractivity contribution in [1.82, 2.24) is 13.5 Å². The largest absolute Gasteiger partial charge is 0.414 e. The minimum atomic E-state index is -1.02. The summed E-state index contributed by atoms with van der Waals surface area (Å²) in [7, 11) is 0.435. The van der Waals surface area contributed by atoms with E-state index < -0.39 is 8.08 Å². The Bertz CT molecular complexity index is 339. The van der Waals surface area contributed by atoms with E-state index in [9.17, 15) is 0 Å².